The summed E-state index contributed by atoms with van der Waals surface area (Å²) in [6.45, 7) is 1.52. The van der Waals surface area contributed by atoms with E-state index in [2.05, 4.69) is 5.92 Å². The molecule has 1 aromatic carbocycles. The molecule has 0 bridgehead atoms. The summed E-state index contributed by atoms with van der Waals surface area (Å²) in [4.78, 5) is 0. The Kier molecular flexibility index (Phi) is 2.53. The van der Waals surface area contributed by atoms with Gasteiger partial charge in [0.05, 0.1) is 13.2 Å². The molecule has 0 atom stereocenters. The van der Waals surface area contributed by atoms with Crippen LogP contribution >= 0.6 is 0 Å². The van der Waals surface area contributed by atoms with Crippen molar-refractivity contribution in [2.45, 2.75) is 5.60 Å². The van der Waals surface area contributed by atoms with Gasteiger partial charge in [-0.1, -0.05) is 36.3 Å². The fourth-order valence-corrected chi connectivity index (χ4v) is 1.54. The smallest absolute Gasteiger partial charge is 0.141 e. The zero-order valence-corrected chi connectivity index (χ0v) is 7.90. The average Bonchev–Trinajstić information content (AvgIpc) is 2.18. The first-order valence-corrected chi connectivity index (χ1v) is 4.58. The molecular weight excluding hydrogens is 176 g/mol. The fourth-order valence-electron chi connectivity index (χ4n) is 1.54. The number of rotatable bonds is 3. The van der Waals surface area contributed by atoms with Crippen molar-refractivity contribution in [3.05, 3.63) is 35.9 Å². The summed E-state index contributed by atoms with van der Waals surface area (Å²) in [6, 6.07) is 10.1. The molecular formula is C12H12O2. The van der Waals surface area contributed by atoms with Gasteiger partial charge in [0.15, 0.2) is 0 Å². The maximum Gasteiger partial charge on any atom is 0.141 e. The molecule has 2 rings (SSSR count). The highest BCUT2D eigenvalue weighted by Gasteiger charge is 2.41. The fraction of sp³-hybridized carbons (Fsp3) is 0.333. The van der Waals surface area contributed by atoms with E-state index < -0.39 is 0 Å². The van der Waals surface area contributed by atoms with Gasteiger partial charge in [0.2, 0.25) is 0 Å². The van der Waals surface area contributed by atoms with Crippen LogP contribution in [0.5, 0.6) is 0 Å². The zero-order chi connectivity index (χ0) is 9.86. The van der Waals surface area contributed by atoms with Crippen molar-refractivity contribution < 1.29 is 9.47 Å². The van der Waals surface area contributed by atoms with Crippen LogP contribution in [-0.4, -0.2) is 19.8 Å². The minimum absolute atomic E-state index is 0.298. The first-order chi connectivity index (χ1) is 6.87. The number of hydrogen-bond acceptors (Lipinski definition) is 2. The third kappa shape index (κ3) is 1.52. The van der Waals surface area contributed by atoms with Gasteiger partial charge in [-0.25, -0.2) is 0 Å². The van der Waals surface area contributed by atoms with Gasteiger partial charge in [0, 0.05) is 0 Å². The van der Waals surface area contributed by atoms with Crippen LogP contribution in [0.4, 0.5) is 0 Å². The van der Waals surface area contributed by atoms with E-state index in [1.54, 1.807) is 0 Å². The third-order valence-electron chi connectivity index (χ3n) is 2.40. The van der Waals surface area contributed by atoms with Crippen LogP contribution in [0.2, 0.25) is 0 Å². The minimum Gasteiger partial charge on any atom is -0.375 e. The van der Waals surface area contributed by atoms with Crippen molar-refractivity contribution in [1.82, 2.24) is 0 Å². The van der Waals surface area contributed by atoms with Crippen molar-refractivity contribution in [2.75, 3.05) is 19.8 Å². The number of terminal acetylenes is 1. The van der Waals surface area contributed by atoms with Crippen molar-refractivity contribution >= 4 is 0 Å². The van der Waals surface area contributed by atoms with E-state index in [1.165, 1.54) is 0 Å². The number of benzene rings is 1. The first kappa shape index (κ1) is 9.26. The van der Waals surface area contributed by atoms with E-state index in [0.29, 0.717) is 19.8 Å². The van der Waals surface area contributed by atoms with Crippen LogP contribution in [0.25, 0.3) is 0 Å². The lowest BCUT2D eigenvalue weighted by Crippen LogP contribution is -2.49. The van der Waals surface area contributed by atoms with Gasteiger partial charge in [0.1, 0.15) is 12.2 Å². The lowest BCUT2D eigenvalue weighted by atomic mass is 9.92. The van der Waals surface area contributed by atoms with Gasteiger partial charge in [-0.2, -0.15) is 0 Å². The third-order valence-corrected chi connectivity index (χ3v) is 2.40. The molecule has 0 spiro atoms. The van der Waals surface area contributed by atoms with E-state index in [4.69, 9.17) is 15.9 Å². The van der Waals surface area contributed by atoms with Crippen molar-refractivity contribution in [2.24, 2.45) is 0 Å². The Hall–Kier alpha value is -1.30. The quantitative estimate of drug-likeness (QED) is 0.670. The second-order valence-electron chi connectivity index (χ2n) is 3.35. The summed E-state index contributed by atoms with van der Waals surface area (Å²) in [6.07, 6.45) is 5.18. The average molecular weight is 188 g/mol. The van der Waals surface area contributed by atoms with Crippen LogP contribution < -0.4 is 0 Å². The predicted molar refractivity (Wildman–Crippen MR) is 53.7 cm³/mol. The molecule has 0 aromatic heterocycles. The highest BCUT2D eigenvalue weighted by atomic mass is 16.6. The molecule has 72 valence electrons. The topological polar surface area (TPSA) is 18.5 Å². The first-order valence-electron chi connectivity index (χ1n) is 4.58. The SMILES string of the molecule is C#CCOC1(c2ccccc2)COC1. The molecule has 1 heterocycles. The van der Waals surface area contributed by atoms with Gasteiger partial charge in [-0.3, -0.25) is 0 Å². The van der Waals surface area contributed by atoms with Crippen molar-refractivity contribution in [1.29, 1.82) is 0 Å². The van der Waals surface area contributed by atoms with E-state index in [-0.39, 0.29) is 5.60 Å². The summed E-state index contributed by atoms with van der Waals surface area (Å²) in [5.74, 6) is 2.48. The van der Waals surface area contributed by atoms with Crippen LogP contribution in [0.15, 0.2) is 30.3 Å². The largest absolute Gasteiger partial charge is 0.375 e. The summed E-state index contributed by atoms with van der Waals surface area (Å²) >= 11 is 0. The van der Waals surface area contributed by atoms with E-state index >= 15 is 0 Å². The summed E-state index contributed by atoms with van der Waals surface area (Å²) in [5, 5.41) is 0. The molecule has 2 nitrogen and oxygen atoms in total. The number of ether oxygens (including phenoxy) is 2. The second-order valence-corrected chi connectivity index (χ2v) is 3.35. The zero-order valence-electron chi connectivity index (χ0n) is 7.90. The van der Waals surface area contributed by atoms with E-state index in [9.17, 15) is 0 Å². The Morgan fingerprint density at radius 2 is 2.07 bits per heavy atom. The number of hydrogen-bond donors (Lipinski definition) is 0. The lowest BCUT2D eigenvalue weighted by molar-refractivity contribution is -0.210. The Morgan fingerprint density at radius 3 is 2.57 bits per heavy atom. The van der Waals surface area contributed by atoms with Gasteiger partial charge in [0.25, 0.3) is 0 Å². The lowest BCUT2D eigenvalue weighted by Gasteiger charge is -2.41. The van der Waals surface area contributed by atoms with Crippen molar-refractivity contribution in [3.63, 3.8) is 0 Å². The molecule has 0 amide bonds. The Balaban J connectivity index is 2.17. The second kappa shape index (κ2) is 3.83. The molecule has 0 radical (unpaired) electrons. The standard InChI is InChI=1S/C12H12O2/c1-2-8-14-12(9-13-10-12)11-6-4-3-5-7-11/h1,3-7H,8-10H2. The van der Waals surface area contributed by atoms with E-state index in [1.807, 2.05) is 30.3 Å². The van der Waals surface area contributed by atoms with Gasteiger partial charge >= 0.3 is 0 Å². The molecule has 2 heteroatoms. The summed E-state index contributed by atoms with van der Waals surface area (Å²) in [7, 11) is 0. The van der Waals surface area contributed by atoms with Crippen molar-refractivity contribution in [3.8, 4) is 12.3 Å². The normalized spacial score (nSPS) is 18.2. The van der Waals surface area contributed by atoms with Crippen LogP contribution in [-0.2, 0) is 15.1 Å². The van der Waals surface area contributed by atoms with Crippen LogP contribution in [0.1, 0.15) is 5.56 Å². The summed E-state index contributed by atoms with van der Waals surface area (Å²) in [5.41, 5.74) is 0.842. The Labute approximate surface area is 83.8 Å². The summed E-state index contributed by atoms with van der Waals surface area (Å²) < 4.78 is 10.8. The molecule has 1 saturated heterocycles. The molecule has 1 aliphatic rings. The monoisotopic (exact) mass is 188 g/mol. The molecule has 0 N–H and O–H groups in total. The molecule has 0 unspecified atom stereocenters. The van der Waals surface area contributed by atoms with Crippen LogP contribution in [0, 0.1) is 12.3 Å². The molecule has 0 saturated carbocycles. The molecule has 1 aromatic rings. The predicted octanol–water partition coefficient (Wildman–Crippen LogP) is 1.56. The highest BCUT2D eigenvalue weighted by Crippen LogP contribution is 2.33. The molecule has 14 heavy (non-hydrogen) atoms. The highest BCUT2D eigenvalue weighted by molar-refractivity contribution is 5.25. The van der Waals surface area contributed by atoms with E-state index in [0.717, 1.165) is 5.56 Å². The van der Waals surface area contributed by atoms with Gasteiger partial charge < -0.3 is 9.47 Å². The molecule has 0 aliphatic carbocycles. The van der Waals surface area contributed by atoms with Crippen LogP contribution in [0.3, 0.4) is 0 Å². The van der Waals surface area contributed by atoms with Gasteiger partial charge in [-0.05, 0) is 5.56 Å². The minimum atomic E-state index is -0.298. The molecule has 1 aliphatic heterocycles. The Bertz CT molecular complexity index is 333. The molecule has 1 fully saturated rings. The van der Waals surface area contributed by atoms with Gasteiger partial charge in [-0.15, -0.1) is 6.42 Å². The maximum atomic E-state index is 5.64. The maximum absolute atomic E-state index is 5.64. The Morgan fingerprint density at radius 1 is 1.36 bits per heavy atom.